The van der Waals surface area contributed by atoms with E-state index < -0.39 is 16.0 Å². The normalized spacial score (nSPS) is 20.6. The molecule has 4 atom stereocenters. The molecule has 0 radical (unpaired) electrons. The van der Waals surface area contributed by atoms with Gasteiger partial charge in [-0.05, 0) is 39.9 Å². The summed E-state index contributed by atoms with van der Waals surface area (Å²) in [4.78, 5) is 16.5. The lowest BCUT2D eigenvalue weighted by atomic mass is 9.91. The third-order valence-electron chi connectivity index (χ3n) is 7.41. The van der Waals surface area contributed by atoms with Gasteiger partial charge in [-0.25, -0.2) is 4.98 Å². The zero-order valence-corrected chi connectivity index (χ0v) is 26.7. The highest BCUT2D eigenvalue weighted by Crippen LogP contribution is 2.43. The Morgan fingerprint density at radius 3 is 2.40 bits per heavy atom. The van der Waals surface area contributed by atoms with Crippen molar-refractivity contribution in [2.45, 2.75) is 47.5 Å². The molecule has 0 saturated carbocycles. The SMILES string of the molecule is CC1C(CSc2nccn2C)OC(c2cccc(-c3cccc(CNC(=O)C(Cl)(Cl)Cl)c3)c2)OC1c1ccc(CO)cc1. The van der Waals surface area contributed by atoms with Crippen molar-refractivity contribution < 1.29 is 19.4 Å². The van der Waals surface area contributed by atoms with Gasteiger partial charge in [-0.1, -0.05) is 114 Å². The number of nitrogens with zero attached hydrogens (tertiary/aromatic N) is 2. The number of hydrogen-bond acceptors (Lipinski definition) is 6. The number of rotatable bonds is 9. The molecule has 4 unspecified atom stereocenters. The lowest BCUT2D eigenvalue weighted by Crippen LogP contribution is -2.38. The number of aryl methyl sites for hydroxylation is 1. The number of aromatic nitrogens is 2. The Morgan fingerprint density at radius 2 is 1.72 bits per heavy atom. The quantitative estimate of drug-likeness (QED) is 0.147. The summed E-state index contributed by atoms with van der Waals surface area (Å²) in [7, 11) is 1.98. The number of alkyl halides is 3. The number of benzene rings is 3. The maximum atomic E-state index is 12.0. The molecule has 7 nitrogen and oxygen atoms in total. The topological polar surface area (TPSA) is 85.6 Å². The van der Waals surface area contributed by atoms with Crippen LogP contribution in [0.25, 0.3) is 11.1 Å². The smallest absolute Gasteiger partial charge is 0.272 e. The Morgan fingerprint density at radius 1 is 1.00 bits per heavy atom. The van der Waals surface area contributed by atoms with Crippen molar-refractivity contribution >= 4 is 52.5 Å². The Hall–Kier alpha value is -2.56. The van der Waals surface area contributed by atoms with Crippen molar-refractivity contribution in [1.82, 2.24) is 14.9 Å². The number of carbonyl (C=O) groups is 1. The highest BCUT2D eigenvalue weighted by atomic mass is 35.6. The highest BCUT2D eigenvalue weighted by molar-refractivity contribution is 7.99. The minimum absolute atomic E-state index is 0.0106. The lowest BCUT2D eigenvalue weighted by molar-refractivity contribution is -0.268. The summed E-state index contributed by atoms with van der Waals surface area (Å²) < 4.78 is 13.3. The third kappa shape index (κ3) is 7.94. The van der Waals surface area contributed by atoms with E-state index in [9.17, 15) is 9.90 Å². The van der Waals surface area contributed by atoms with Crippen LogP contribution >= 0.6 is 46.6 Å². The number of ether oxygens (including phenoxy) is 2. The average molecular weight is 661 g/mol. The van der Waals surface area contributed by atoms with E-state index in [1.165, 1.54) is 0 Å². The van der Waals surface area contributed by atoms with Crippen LogP contribution in [0, 0.1) is 5.92 Å². The molecule has 4 aromatic rings. The number of halogens is 3. The molecule has 1 aromatic heterocycles. The number of thioether (sulfide) groups is 1. The summed E-state index contributed by atoms with van der Waals surface area (Å²) in [5.74, 6) is 0.0901. The molecule has 2 heterocycles. The van der Waals surface area contributed by atoms with Gasteiger partial charge in [-0.2, -0.15) is 0 Å². The first kappa shape index (κ1) is 31.9. The summed E-state index contributed by atoms with van der Waals surface area (Å²) in [6.45, 7) is 2.36. The second-order valence-electron chi connectivity index (χ2n) is 10.5. The van der Waals surface area contributed by atoms with Gasteiger partial charge < -0.3 is 24.5 Å². The zero-order chi connectivity index (χ0) is 30.6. The molecule has 2 N–H and O–H groups in total. The predicted molar refractivity (Wildman–Crippen MR) is 171 cm³/mol. The molecule has 0 aliphatic carbocycles. The summed E-state index contributed by atoms with van der Waals surface area (Å²) >= 11 is 18.7. The van der Waals surface area contributed by atoms with Crippen LogP contribution in [0.4, 0.5) is 0 Å². The van der Waals surface area contributed by atoms with Gasteiger partial charge in [-0.3, -0.25) is 4.79 Å². The molecule has 3 aromatic carbocycles. The molecule has 226 valence electrons. The van der Waals surface area contributed by atoms with Crippen LogP contribution in [-0.4, -0.2) is 36.2 Å². The van der Waals surface area contributed by atoms with Crippen LogP contribution in [0.2, 0.25) is 0 Å². The van der Waals surface area contributed by atoms with Crippen LogP contribution in [0.15, 0.2) is 90.3 Å². The van der Waals surface area contributed by atoms with Gasteiger partial charge in [-0.15, -0.1) is 0 Å². The number of aliphatic hydroxyl groups excluding tert-OH is 1. The average Bonchev–Trinajstić information content (AvgIpc) is 3.43. The van der Waals surface area contributed by atoms with Gasteiger partial charge in [0.2, 0.25) is 0 Å². The van der Waals surface area contributed by atoms with Gasteiger partial charge in [0.1, 0.15) is 0 Å². The molecule has 5 rings (SSSR count). The number of amides is 1. The van der Waals surface area contributed by atoms with Crippen LogP contribution in [-0.2, 0) is 34.5 Å². The number of carbonyl (C=O) groups excluding carboxylic acids is 1. The lowest BCUT2D eigenvalue weighted by Gasteiger charge is -2.41. The van der Waals surface area contributed by atoms with E-state index >= 15 is 0 Å². The second-order valence-corrected chi connectivity index (χ2v) is 13.7. The van der Waals surface area contributed by atoms with Crippen LogP contribution in [0.1, 0.15) is 41.6 Å². The largest absolute Gasteiger partial charge is 0.392 e. The van der Waals surface area contributed by atoms with Gasteiger partial charge in [0.15, 0.2) is 11.4 Å². The van der Waals surface area contributed by atoms with Crippen molar-refractivity contribution in [3.05, 3.63) is 107 Å². The number of aliphatic hydroxyl groups is 1. The molecule has 1 aliphatic heterocycles. The number of imidazole rings is 1. The minimum atomic E-state index is -2.02. The first-order valence-corrected chi connectivity index (χ1v) is 15.9. The molecule has 0 bridgehead atoms. The molecule has 1 saturated heterocycles. The standard InChI is InChI=1S/C32H32Cl3N3O4S/c1-20-27(19-43-31-36-13-14-38(31)2)41-29(42-28(20)23-11-9-21(18-39)10-12-23)26-8-4-7-25(16-26)24-6-3-5-22(15-24)17-37-30(40)32(33,34)35/h3-16,20,27-29,39H,17-19H2,1-2H3,(H,37,40). The van der Waals surface area contributed by atoms with E-state index in [-0.39, 0.29) is 31.3 Å². The molecule has 1 amide bonds. The van der Waals surface area contributed by atoms with Crippen molar-refractivity contribution in [1.29, 1.82) is 0 Å². The molecular weight excluding hydrogens is 629 g/mol. The molecule has 0 spiro atoms. The van der Waals surface area contributed by atoms with E-state index in [2.05, 4.69) is 23.3 Å². The molecule has 1 fully saturated rings. The van der Waals surface area contributed by atoms with Crippen molar-refractivity contribution in [2.24, 2.45) is 13.0 Å². The van der Waals surface area contributed by atoms with E-state index in [0.29, 0.717) is 5.75 Å². The Balaban J connectivity index is 1.39. The van der Waals surface area contributed by atoms with E-state index in [0.717, 1.165) is 38.5 Å². The summed E-state index contributed by atoms with van der Waals surface area (Å²) in [6.07, 6.45) is 2.79. The molecular formula is C32H32Cl3N3O4S. The van der Waals surface area contributed by atoms with Gasteiger partial charge in [0, 0.05) is 43.2 Å². The van der Waals surface area contributed by atoms with Crippen molar-refractivity contribution in [3.8, 4) is 11.1 Å². The van der Waals surface area contributed by atoms with Gasteiger partial charge in [0.05, 0.1) is 18.8 Å². The number of nitrogens with one attached hydrogen (secondary N) is 1. The number of hydrogen-bond donors (Lipinski definition) is 2. The fraction of sp³-hybridized carbons (Fsp3) is 0.312. The van der Waals surface area contributed by atoms with E-state index in [1.807, 2.05) is 84.5 Å². The maximum Gasteiger partial charge on any atom is 0.272 e. The Kier molecular flexibility index (Phi) is 10.4. The van der Waals surface area contributed by atoms with Crippen molar-refractivity contribution in [2.75, 3.05) is 5.75 Å². The maximum absolute atomic E-state index is 12.0. The predicted octanol–water partition coefficient (Wildman–Crippen LogP) is 7.15. The van der Waals surface area contributed by atoms with E-state index in [4.69, 9.17) is 44.3 Å². The summed E-state index contributed by atoms with van der Waals surface area (Å²) in [6, 6.07) is 23.8. The van der Waals surface area contributed by atoms with Crippen LogP contribution < -0.4 is 5.32 Å². The first-order valence-electron chi connectivity index (χ1n) is 13.8. The van der Waals surface area contributed by atoms with Crippen LogP contribution in [0.3, 0.4) is 0 Å². The second kappa shape index (κ2) is 14.0. The summed E-state index contributed by atoms with van der Waals surface area (Å²) in [5, 5.41) is 13.1. The summed E-state index contributed by atoms with van der Waals surface area (Å²) in [5.41, 5.74) is 5.57. The third-order valence-corrected chi connectivity index (χ3v) is 9.07. The zero-order valence-electron chi connectivity index (χ0n) is 23.6. The monoisotopic (exact) mass is 659 g/mol. The van der Waals surface area contributed by atoms with E-state index in [1.54, 1.807) is 18.0 Å². The minimum Gasteiger partial charge on any atom is -0.392 e. The fourth-order valence-corrected chi connectivity index (χ4v) is 6.26. The fourth-order valence-electron chi connectivity index (χ4n) is 4.97. The van der Waals surface area contributed by atoms with Crippen molar-refractivity contribution in [3.63, 3.8) is 0 Å². The molecule has 1 aliphatic rings. The highest BCUT2D eigenvalue weighted by Gasteiger charge is 2.38. The Labute approximate surface area is 270 Å². The van der Waals surface area contributed by atoms with Gasteiger partial charge >= 0.3 is 0 Å². The van der Waals surface area contributed by atoms with Gasteiger partial charge in [0.25, 0.3) is 9.70 Å². The molecule has 11 heteroatoms. The Bertz CT molecular complexity index is 1540. The molecule has 43 heavy (non-hydrogen) atoms. The first-order chi connectivity index (χ1) is 20.6. The van der Waals surface area contributed by atoms with Crippen LogP contribution in [0.5, 0.6) is 0 Å².